The van der Waals surface area contributed by atoms with Crippen LogP contribution in [-0.2, 0) is 0 Å². The van der Waals surface area contributed by atoms with Gasteiger partial charge in [0.2, 0.25) is 0 Å². The van der Waals surface area contributed by atoms with Gasteiger partial charge in [-0.05, 0) is 18.2 Å². The van der Waals surface area contributed by atoms with Gasteiger partial charge >= 0.3 is 0 Å². The van der Waals surface area contributed by atoms with Crippen molar-refractivity contribution in [2.24, 2.45) is 5.73 Å². The van der Waals surface area contributed by atoms with Crippen LogP contribution in [0.1, 0.15) is 11.9 Å². The number of imidazole rings is 1. The second-order valence-corrected chi connectivity index (χ2v) is 3.56. The van der Waals surface area contributed by atoms with Crippen LogP contribution in [-0.4, -0.2) is 21.6 Å². The van der Waals surface area contributed by atoms with Gasteiger partial charge in [0.05, 0.1) is 11.9 Å². The van der Waals surface area contributed by atoms with E-state index in [1.807, 2.05) is 0 Å². The number of aliphatic hydroxyl groups is 1. The first-order valence-electron chi connectivity index (χ1n) is 5.00. The first-order chi connectivity index (χ1) is 8.11. The normalized spacial score (nSPS) is 12.7. The smallest absolute Gasteiger partial charge is 0.136 e. The first kappa shape index (κ1) is 11.7. The fraction of sp³-hybridized carbons (Fsp3) is 0.182. The molecule has 4 nitrogen and oxygen atoms in total. The van der Waals surface area contributed by atoms with Gasteiger partial charge < -0.3 is 15.8 Å². The van der Waals surface area contributed by atoms with Gasteiger partial charge in [0.25, 0.3) is 0 Å². The third-order valence-corrected chi connectivity index (χ3v) is 2.35. The number of aliphatic hydroxyl groups excluding tert-OH is 1. The van der Waals surface area contributed by atoms with Crippen molar-refractivity contribution in [1.82, 2.24) is 9.97 Å². The summed E-state index contributed by atoms with van der Waals surface area (Å²) in [5.41, 5.74) is 5.62. The summed E-state index contributed by atoms with van der Waals surface area (Å²) in [6.45, 7) is -0.00140. The van der Waals surface area contributed by atoms with Crippen LogP contribution < -0.4 is 5.73 Å². The molecule has 2 aromatic rings. The molecule has 1 atom stereocenters. The zero-order valence-electron chi connectivity index (χ0n) is 8.82. The van der Waals surface area contributed by atoms with Crippen molar-refractivity contribution >= 4 is 0 Å². The molecule has 0 aliphatic heterocycles. The number of benzene rings is 1. The van der Waals surface area contributed by atoms with E-state index in [0.717, 1.165) is 18.2 Å². The molecule has 1 aromatic heterocycles. The highest BCUT2D eigenvalue weighted by Gasteiger charge is 2.13. The predicted octanol–water partition coefficient (Wildman–Crippen LogP) is 1.35. The summed E-state index contributed by atoms with van der Waals surface area (Å²) in [6, 6.07) is 3.12. The van der Waals surface area contributed by atoms with Crippen molar-refractivity contribution in [2.45, 2.75) is 6.10 Å². The predicted molar refractivity (Wildman–Crippen MR) is 58.0 cm³/mol. The fourth-order valence-corrected chi connectivity index (χ4v) is 1.46. The molecule has 0 bridgehead atoms. The van der Waals surface area contributed by atoms with E-state index < -0.39 is 17.7 Å². The van der Waals surface area contributed by atoms with Gasteiger partial charge in [-0.25, -0.2) is 13.8 Å². The van der Waals surface area contributed by atoms with Crippen LogP contribution in [0.4, 0.5) is 8.78 Å². The zero-order chi connectivity index (χ0) is 12.4. The van der Waals surface area contributed by atoms with Crippen LogP contribution >= 0.6 is 0 Å². The molecule has 1 heterocycles. The van der Waals surface area contributed by atoms with E-state index in [-0.39, 0.29) is 17.9 Å². The molecule has 1 unspecified atom stereocenters. The summed E-state index contributed by atoms with van der Waals surface area (Å²) < 4.78 is 26.4. The SMILES string of the molecule is NCC(O)c1ncc(-c2cc(F)ccc2F)[nH]1. The minimum absolute atomic E-state index is 0.00140. The summed E-state index contributed by atoms with van der Waals surface area (Å²) in [4.78, 5) is 6.56. The molecule has 2 rings (SSSR count). The number of nitrogens with two attached hydrogens (primary N) is 1. The second kappa shape index (κ2) is 4.60. The summed E-state index contributed by atoms with van der Waals surface area (Å²) >= 11 is 0. The highest BCUT2D eigenvalue weighted by atomic mass is 19.1. The van der Waals surface area contributed by atoms with Crippen LogP contribution in [0.3, 0.4) is 0 Å². The van der Waals surface area contributed by atoms with Gasteiger partial charge in [-0.1, -0.05) is 0 Å². The Hall–Kier alpha value is -1.79. The topological polar surface area (TPSA) is 74.9 Å². The number of rotatable bonds is 3. The molecular weight excluding hydrogens is 228 g/mol. The number of H-pyrrole nitrogens is 1. The Bertz CT molecular complexity index is 527. The van der Waals surface area contributed by atoms with Crippen molar-refractivity contribution in [3.05, 3.63) is 41.9 Å². The molecule has 0 aliphatic carbocycles. The number of halogens is 2. The van der Waals surface area contributed by atoms with E-state index in [0.29, 0.717) is 5.69 Å². The van der Waals surface area contributed by atoms with Crippen LogP contribution in [0.15, 0.2) is 24.4 Å². The van der Waals surface area contributed by atoms with Crippen molar-refractivity contribution in [1.29, 1.82) is 0 Å². The molecular formula is C11H11F2N3O. The maximum atomic E-state index is 13.4. The molecule has 1 aromatic carbocycles. The van der Waals surface area contributed by atoms with Crippen LogP contribution in [0.25, 0.3) is 11.3 Å². The highest BCUT2D eigenvalue weighted by Crippen LogP contribution is 2.23. The Kier molecular flexibility index (Phi) is 3.16. The number of hydrogen-bond donors (Lipinski definition) is 3. The molecule has 90 valence electrons. The molecule has 0 aliphatic rings. The maximum absolute atomic E-state index is 13.4. The van der Waals surface area contributed by atoms with E-state index in [9.17, 15) is 13.9 Å². The average molecular weight is 239 g/mol. The lowest BCUT2D eigenvalue weighted by Crippen LogP contribution is -2.12. The molecule has 0 spiro atoms. The minimum Gasteiger partial charge on any atom is -0.384 e. The molecule has 0 amide bonds. The fourth-order valence-electron chi connectivity index (χ4n) is 1.46. The Labute approximate surface area is 96.1 Å². The second-order valence-electron chi connectivity index (χ2n) is 3.56. The minimum atomic E-state index is -0.944. The van der Waals surface area contributed by atoms with Gasteiger partial charge in [0, 0.05) is 12.1 Å². The lowest BCUT2D eigenvalue weighted by atomic mass is 10.1. The van der Waals surface area contributed by atoms with Gasteiger partial charge in [-0.3, -0.25) is 0 Å². The van der Waals surface area contributed by atoms with Crippen molar-refractivity contribution in [3.8, 4) is 11.3 Å². The lowest BCUT2D eigenvalue weighted by Gasteiger charge is -2.03. The van der Waals surface area contributed by atoms with Crippen LogP contribution in [0.2, 0.25) is 0 Å². The molecule has 6 heteroatoms. The summed E-state index contributed by atoms with van der Waals surface area (Å²) in [5.74, 6) is -0.882. The Balaban J connectivity index is 2.40. The number of hydrogen-bond acceptors (Lipinski definition) is 3. The highest BCUT2D eigenvalue weighted by molar-refractivity contribution is 5.59. The molecule has 0 radical (unpaired) electrons. The van der Waals surface area contributed by atoms with Gasteiger partial charge in [0.1, 0.15) is 23.6 Å². The zero-order valence-corrected chi connectivity index (χ0v) is 8.82. The third kappa shape index (κ3) is 2.32. The summed E-state index contributed by atoms with van der Waals surface area (Å²) in [7, 11) is 0. The largest absolute Gasteiger partial charge is 0.384 e. The average Bonchev–Trinajstić information content (AvgIpc) is 2.80. The molecule has 0 fully saturated rings. The van der Waals surface area contributed by atoms with Crippen molar-refractivity contribution in [2.75, 3.05) is 6.54 Å². The van der Waals surface area contributed by atoms with Gasteiger partial charge in [-0.15, -0.1) is 0 Å². The van der Waals surface area contributed by atoms with Gasteiger partial charge in [0.15, 0.2) is 0 Å². The van der Waals surface area contributed by atoms with E-state index in [4.69, 9.17) is 5.73 Å². The van der Waals surface area contributed by atoms with Crippen LogP contribution in [0.5, 0.6) is 0 Å². The summed E-state index contributed by atoms with van der Waals surface area (Å²) in [6.07, 6.45) is 0.381. The third-order valence-electron chi connectivity index (χ3n) is 2.35. The molecule has 0 saturated carbocycles. The van der Waals surface area contributed by atoms with Crippen LogP contribution in [0, 0.1) is 11.6 Å². The van der Waals surface area contributed by atoms with E-state index >= 15 is 0 Å². The van der Waals surface area contributed by atoms with E-state index in [2.05, 4.69) is 9.97 Å². The molecule has 4 N–H and O–H groups in total. The van der Waals surface area contributed by atoms with Crippen molar-refractivity contribution in [3.63, 3.8) is 0 Å². The Morgan fingerprint density at radius 2 is 2.18 bits per heavy atom. The number of aromatic nitrogens is 2. The summed E-state index contributed by atoms with van der Waals surface area (Å²) in [5, 5.41) is 9.43. The molecule has 17 heavy (non-hydrogen) atoms. The van der Waals surface area contributed by atoms with E-state index in [1.165, 1.54) is 6.20 Å². The monoisotopic (exact) mass is 239 g/mol. The number of nitrogens with zero attached hydrogens (tertiary/aromatic N) is 1. The van der Waals surface area contributed by atoms with Gasteiger partial charge in [-0.2, -0.15) is 0 Å². The Morgan fingerprint density at radius 3 is 2.88 bits per heavy atom. The number of nitrogens with one attached hydrogen (secondary N) is 1. The standard InChI is InChI=1S/C11H11F2N3O/c12-6-1-2-8(13)7(3-6)9-5-15-11(16-9)10(17)4-14/h1-3,5,10,17H,4,14H2,(H,15,16). The Morgan fingerprint density at radius 1 is 1.41 bits per heavy atom. The molecule has 0 saturated heterocycles. The maximum Gasteiger partial charge on any atom is 0.136 e. The quantitative estimate of drug-likeness (QED) is 0.756. The number of aromatic amines is 1. The first-order valence-corrected chi connectivity index (χ1v) is 5.00. The lowest BCUT2D eigenvalue weighted by molar-refractivity contribution is 0.177. The van der Waals surface area contributed by atoms with E-state index in [1.54, 1.807) is 0 Å². The van der Waals surface area contributed by atoms with Crippen molar-refractivity contribution < 1.29 is 13.9 Å².